The number of nitrogens with zero attached hydrogens (tertiary/aromatic N) is 1. The molecule has 1 radical (unpaired) electrons. The molecule has 1 aliphatic rings. The molecule has 1 saturated heterocycles. The van der Waals surface area contributed by atoms with E-state index in [1.165, 1.54) is 6.42 Å². The van der Waals surface area contributed by atoms with Crippen LogP contribution in [0.25, 0.3) is 0 Å². The smallest absolute Gasteiger partial charge is 0.242 e. The zero-order valence-corrected chi connectivity index (χ0v) is 21.2. The topological polar surface area (TPSA) is 131 Å². The lowest BCUT2D eigenvalue weighted by molar-refractivity contribution is -0.129. The maximum absolute atomic E-state index is 13.0. The van der Waals surface area contributed by atoms with Crippen molar-refractivity contribution in [3.05, 3.63) is 72.1 Å². The molecular weight excluding hydrogens is 472 g/mol. The van der Waals surface area contributed by atoms with Crippen LogP contribution in [0.5, 0.6) is 5.75 Å². The van der Waals surface area contributed by atoms with Gasteiger partial charge in [0.1, 0.15) is 18.4 Å². The second-order valence-corrected chi connectivity index (χ2v) is 9.20. The van der Waals surface area contributed by atoms with Gasteiger partial charge in [0.25, 0.3) is 0 Å². The summed E-state index contributed by atoms with van der Waals surface area (Å²) in [6.45, 7) is 3.50. The summed E-state index contributed by atoms with van der Waals surface area (Å²) in [5.74, 6) is -0.996. The third kappa shape index (κ3) is 9.25. The summed E-state index contributed by atoms with van der Waals surface area (Å²) in [5.41, 5.74) is 7.16. The first kappa shape index (κ1) is 27.7. The summed E-state index contributed by atoms with van der Waals surface area (Å²) < 4.78 is 5.82. The Morgan fingerprint density at radius 1 is 1.08 bits per heavy atom. The van der Waals surface area contributed by atoms with Gasteiger partial charge in [0.05, 0.1) is 6.42 Å². The Morgan fingerprint density at radius 3 is 2.46 bits per heavy atom. The molecule has 2 aromatic carbocycles. The van der Waals surface area contributed by atoms with Crippen LogP contribution < -0.4 is 21.1 Å². The Balaban J connectivity index is 1.57. The quantitative estimate of drug-likeness (QED) is 0.359. The third-order valence-electron chi connectivity index (χ3n) is 6.24. The van der Waals surface area contributed by atoms with Crippen LogP contribution in [0.3, 0.4) is 0 Å². The Labute approximate surface area is 217 Å². The first-order chi connectivity index (χ1) is 17.8. The predicted octanol–water partition coefficient (Wildman–Crippen LogP) is 1.75. The van der Waals surface area contributed by atoms with Crippen molar-refractivity contribution < 1.29 is 23.9 Å². The maximum Gasteiger partial charge on any atom is 0.242 e. The minimum Gasteiger partial charge on any atom is -0.489 e. The van der Waals surface area contributed by atoms with Crippen LogP contribution in [0, 0.1) is 12.3 Å². The molecule has 0 saturated carbocycles. The Hall–Kier alpha value is -3.88. The number of ether oxygens (including phenoxy) is 1. The highest BCUT2D eigenvalue weighted by molar-refractivity contribution is 5.92. The predicted molar refractivity (Wildman–Crippen MR) is 139 cm³/mol. The second kappa shape index (κ2) is 14.0. The monoisotopic (exact) mass is 507 g/mol. The lowest BCUT2D eigenvalue weighted by Crippen LogP contribution is -2.49. The van der Waals surface area contributed by atoms with Gasteiger partial charge in [-0.25, -0.2) is 0 Å². The molecule has 37 heavy (non-hydrogen) atoms. The Kier molecular flexibility index (Phi) is 10.5. The molecular formula is C28H35N4O5. The van der Waals surface area contributed by atoms with Gasteiger partial charge in [0.2, 0.25) is 23.6 Å². The van der Waals surface area contributed by atoms with E-state index in [1.54, 1.807) is 11.8 Å². The highest BCUT2D eigenvalue weighted by atomic mass is 16.5. The van der Waals surface area contributed by atoms with Gasteiger partial charge < -0.3 is 26.0 Å². The average molecular weight is 508 g/mol. The second-order valence-electron chi connectivity index (χ2n) is 9.20. The van der Waals surface area contributed by atoms with E-state index in [0.717, 1.165) is 17.5 Å². The van der Waals surface area contributed by atoms with Crippen molar-refractivity contribution in [3.63, 3.8) is 0 Å². The highest BCUT2D eigenvalue weighted by Gasteiger charge is 2.24. The largest absolute Gasteiger partial charge is 0.489 e. The van der Waals surface area contributed by atoms with Gasteiger partial charge in [0.15, 0.2) is 0 Å². The number of hydrogen-bond donors (Lipinski definition) is 3. The minimum atomic E-state index is -0.835. The molecule has 197 valence electrons. The van der Waals surface area contributed by atoms with Crippen LogP contribution in [-0.2, 0) is 32.2 Å². The van der Waals surface area contributed by atoms with Crippen LogP contribution in [0.4, 0.5) is 0 Å². The lowest BCUT2D eigenvalue weighted by atomic mass is 10.0. The Morgan fingerprint density at radius 2 is 1.81 bits per heavy atom. The molecule has 0 spiro atoms. The van der Waals surface area contributed by atoms with Crippen molar-refractivity contribution in [2.45, 2.75) is 45.3 Å². The summed E-state index contributed by atoms with van der Waals surface area (Å²) in [6.07, 6.45) is 3.14. The molecule has 9 nitrogen and oxygen atoms in total. The standard InChI is InChI=1S/C28H35N4O5/c1-20(27(29)35)9-14-25(33)31-24(28(36)30-15-17-32-16-5-8-26(32)34)18-21-10-12-23(13-11-21)37-19-22-6-3-2-4-7-22/h2-4,6-7,10-14,20,24H,5,8-9,15-19H2,1H3,(H2,29,35)(H,30,36)(H,31,33). The van der Waals surface area contributed by atoms with E-state index >= 15 is 0 Å². The van der Waals surface area contributed by atoms with Crippen LogP contribution in [-0.4, -0.2) is 54.2 Å². The SMILES string of the molecule is CC(C[CH]C(=O)NC(Cc1ccc(OCc2ccccc2)cc1)C(=O)NCCN1CCCC1=O)C(N)=O. The maximum atomic E-state index is 13.0. The number of likely N-dealkylation sites (tertiary alicyclic amines) is 1. The molecule has 0 aliphatic carbocycles. The van der Waals surface area contributed by atoms with E-state index in [1.807, 2.05) is 54.6 Å². The van der Waals surface area contributed by atoms with E-state index in [4.69, 9.17) is 10.5 Å². The zero-order valence-electron chi connectivity index (χ0n) is 21.2. The summed E-state index contributed by atoms with van der Waals surface area (Å²) in [6, 6.07) is 16.4. The molecule has 1 fully saturated rings. The number of carbonyl (C=O) groups excluding carboxylic acids is 4. The lowest BCUT2D eigenvalue weighted by Gasteiger charge is -2.21. The normalized spacial score (nSPS) is 14.6. The molecule has 2 atom stereocenters. The summed E-state index contributed by atoms with van der Waals surface area (Å²) >= 11 is 0. The first-order valence-electron chi connectivity index (χ1n) is 12.6. The van der Waals surface area contributed by atoms with Gasteiger partial charge in [-0.05, 0) is 36.1 Å². The number of rotatable bonds is 14. The average Bonchev–Trinajstić information content (AvgIpc) is 3.31. The number of amides is 4. The van der Waals surface area contributed by atoms with Crippen molar-refractivity contribution in [3.8, 4) is 5.75 Å². The van der Waals surface area contributed by atoms with Gasteiger partial charge in [-0.3, -0.25) is 19.2 Å². The van der Waals surface area contributed by atoms with Crippen molar-refractivity contribution in [2.24, 2.45) is 11.7 Å². The number of carbonyl (C=O) groups is 4. The molecule has 0 bridgehead atoms. The molecule has 9 heteroatoms. The zero-order chi connectivity index (χ0) is 26.6. The molecule has 4 N–H and O–H groups in total. The molecule has 2 unspecified atom stereocenters. The number of benzene rings is 2. The van der Waals surface area contributed by atoms with E-state index in [9.17, 15) is 19.2 Å². The van der Waals surface area contributed by atoms with Crippen LogP contribution in [0.2, 0.25) is 0 Å². The van der Waals surface area contributed by atoms with E-state index in [0.29, 0.717) is 38.4 Å². The van der Waals surface area contributed by atoms with E-state index < -0.39 is 23.8 Å². The first-order valence-corrected chi connectivity index (χ1v) is 12.6. The van der Waals surface area contributed by atoms with Gasteiger partial charge >= 0.3 is 0 Å². The van der Waals surface area contributed by atoms with Gasteiger partial charge in [0, 0.05) is 38.4 Å². The molecule has 0 aromatic heterocycles. The molecule has 3 rings (SSSR count). The summed E-state index contributed by atoms with van der Waals surface area (Å²) in [4.78, 5) is 50.3. The summed E-state index contributed by atoms with van der Waals surface area (Å²) in [5, 5.41) is 5.57. The van der Waals surface area contributed by atoms with Crippen LogP contribution >= 0.6 is 0 Å². The number of nitrogens with one attached hydrogen (secondary N) is 2. The van der Waals surface area contributed by atoms with Gasteiger partial charge in [-0.2, -0.15) is 0 Å². The van der Waals surface area contributed by atoms with Crippen molar-refractivity contribution in [2.75, 3.05) is 19.6 Å². The summed E-state index contributed by atoms with van der Waals surface area (Å²) in [7, 11) is 0. The van der Waals surface area contributed by atoms with Crippen LogP contribution in [0.15, 0.2) is 54.6 Å². The highest BCUT2D eigenvalue weighted by Crippen LogP contribution is 2.16. The van der Waals surface area contributed by atoms with Gasteiger partial charge in [-0.15, -0.1) is 0 Å². The fourth-order valence-electron chi connectivity index (χ4n) is 3.92. The molecule has 1 aliphatic heterocycles. The van der Waals surface area contributed by atoms with Gasteiger partial charge in [-0.1, -0.05) is 49.4 Å². The van der Waals surface area contributed by atoms with Crippen molar-refractivity contribution >= 4 is 23.6 Å². The Bertz CT molecular complexity index is 1060. The van der Waals surface area contributed by atoms with E-state index in [2.05, 4.69) is 10.6 Å². The number of primary amides is 1. The van der Waals surface area contributed by atoms with Crippen molar-refractivity contribution in [1.29, 1.82) is 0 Å². The van der Waals surface area contributed by atoms with Crippen molar-refractivity contribution in [1.82, 2.24) is 15.5 Å². The fourth-order valence-corrected chi connectivity index (χ4v) is 3.92. The number of hydrogen-bond acceptors (Lipinski definition) is 5. The molecule has 4 amide bonds. The van der Waals surface area contributed by atoms with E-state index in [-0.39, 0.29) is 24.7 Å². The number of nitrogens with two attached hydrogens (primary N) is 1. The molecule has 1 heterocycles. The van der Waals surface area contributed by atoms with Crippen LogP contribution in [0.1, 0.15) is 37.3 Å². The fraction of sp³-hybridized carbons (Fsp3) is 0.393. The minimum absolute atomic E-state index is 0.0897. The third-order valence-corrected chi connectivity index (χ3v) is 6.24. The molecule has 2 aromatic rings.